The molecule has 2 aromatic rings. The van der Waals surface area contributed by atoms with Crippen LogP contribution in [0.1, 0.15) is 43.9 Å². The molecule has 0 spiro atoms. The maximum Gasteiger partial charge on any atom is 0.367 e. The van der Waals surface area contributed by atoms with E-state index in [1.165, 1.54) is 4.90 Å². The molecule has 1 aromatic carbocycles. The number of furan rings is 1. The van der Waals surface area contributed by atoms with Crippen LogP contribution in [-0.4, -0.2) is 76.1 Å². The summed E-state index contributed by atoms with van der Waals surface area (Å²) in [6, 6.07) is 8.62. The van der Waals surface area contributed by atoms with E-state index in [1.54, 1.807) is 49.1 Å². The molecule has 0 saturated carbocycles. The molecule has 0 radical (unpaired) electrons. The number of anilines is 1. The second-order valence-corrected chi connectivity index (χ2v) is 11.0. The zero-order chi connectivity index (χ0) is 26.3. The molecule has 10 nitrogen and oxygen atoms in total. The molecule has 1 N–H and O–H groups in total. The van der Waals surface area contributed by atoms with Crippen LogP contribution in [0, 0.1) is 12.3 Å². The molecule has 0 bridgehead atoms. The fourth-order valence-corrected chi connectivity index (χ4v) is 5.23. The summed E-state index contributed by atoms with van der Waals surface area (Å²) in [4.78, 5) is 9.34. The molecule has 0 aliphatic carbocycles. The molecule has 1 aromatic heterocycles. The summed E-state index contributed by atoms with van der Waals surface area (Å²) >= 11 is 0. The van der Waals surface area contributed by atoms with Gasteiger partial charge in [0, 0.05) is 35.2 Å². The Bertz CT molecular complexity index is 1300. The number of phenolic OH excluding ortho intramolecular Hbond substituents is 1. The van der Waals surface area contributed by atoms with Gasteiger partial charge < -0.3 is 24.2 Å². The van der Waals surface area contributed by atoms with Crippen LogP contribution in [0.15, 0.2) is 48.5 Å². The highest BCUT2D eigenvalue weighted by atomic mass is 32.2. The fourth-order valence-electron chi connectivity index (χ4n) is 4.33. The minimum absolute atomic E-state index is 0.0488. The van der Waals surface area contributed by atoms with E-state index in [0.29, 0.717) is 22.8 Å². The Morgan fingerprint density at radius 2 is 1.69 bits per heavy atom. The third-order valence-corrected chi connectivity index (χ3v) is 6.55. The lowest BCUT2D eigenvalue weighted by Gasteiger charge is -2.38. The molecule has 0 fully saturated rings. The van der Waals surface area contributed by atoms with Crippen molar-refractivity contribution in [3.8, 4) is 5.75 Å². The number of aryl methyl sites for hydroxylation is 1. The topological polar surface area (TPSA) is 114 Å². The van der Waals surface area contributed by atoms with Gasteiger partial charge in [-0.25, -0.2) is 0 Å². The molecule has 2 heterocycles. The number of amidine groups is 3. The predicted octanol–water partition coefficient (Wildman–Crippen LogP) is 3.44. The first kappa shape index (κ1) is 26.3. The van der Waals surface area contributed by atoms with E-state index in [4.69, 9.17) is 4.42 Å². The molecule has 0 amide bonds. The van der Waals surface area contributed by atoms with E-state index in [9.17, 15) is 13.5 Å². The van der Waals surface area contributed by atoms with E-state index in [1.807, 2.05) is 53.9 Å². The largest absolute Gasteiger partial charge is 0.505 e. The lowest BCUT2D eigenvalue weighted by atomic mass is 9.84. The number of aliphatic imine (C=N–C) groups is 1. The molecular weight excluding hydrogens is 468 g/mol. The number of para-hydroxylation sites is 1. The maximum absolute atomic E-state index is 12.6. The summed E-state index contributed by atoms with van der Waals surface area (Å²) in [7, 11) is 4.60. The van der Waals surface area contributed by atoms with E-state index in [0.717, 1.165) is 5.76 Å². The summed E-state index contributed by atoms with van der Waals surface area (Å²) in [6.07, 6.45) is 0. The molecule has 3 rings (SSSR count). The van der Waals surface area contributed by atoms with Gasteiger partial charge in [0.25, 0.3) is 0 Å². The van der Waals surface area contributed by atoms with Crippen molar-refractivity contribution in [2.45, 2.75) is 33.7 Å². The van der Waals surface area contributed by atoms with Crippen LogP contribution in [0.25, 0.3) is 0 Å². The number of hydrogen-bond acceptors (Lipinski definition) is 7. The molecule has 1 aliphatic rings. The number of nitrogens with zero attached hydrogens (tertiary/aromatic N) is 6. The van der Waals surface area contributed by atoms with Crippen LogP contribution in [0.2, 0.25) is 0 Å². The highest BCUT2D eigenvalue weighted by molar-refractivity contribution is 7.89. The van der Waals surface area contributed by atoms with Crippen LogP contribution < -0.4 is 4.90 Å². The molecule has 1 atom stereocenters. The first-order valence-corrected chi connectivity index (χ1v) is 12.5. The molecule has 1 aliphatic heterocycles. The van der Waals surface area contributed by atoms with Crippen molar-refractivity contribution in [2.24, 2.45) is 19.2 Å². The van der Waals surface area contributed by atoms with Crippen molar-refractivity contribution in [3.05, 3.63) is 47.4 Å². The SMILES string of the molecule is CN=C(c1cccc(N(C)C2=NS(=O)(=O)N=C2N(C)[C@@H](c2ccc(C)o2)C(C)(C)C)c1O)N(C)C. The van der Waals surface area contributed by atoms with E-state index < -0.39 is 10.2 Å². The van der Waals surface area contributed by atoms with Crippen molar-refractivity contribution in [2.75, 3.05) is 40.1 Å². The molecule has 0 saturated heterocycles. The third kappa shape index (κ3) is 5.19. The Morgan fingerprint density at radius 1 is 1.06 bits per heavy atom. The zero-order valence-corrected chi connectivity index (χ0v) is 22.5. The molecular formula is C24H34N6O4S. The van der Waals surface area contributed by atoms with Crippen LogP contribution >= 0.6 is 0 Å². The van der Waals surface area contributed by atoms with E-state index in [2.05, 4.69) is 13.8 Å². The highest BCUT2D eigenvalue weighted by Gasteiger charge is 2.40. The first-order chi connectivity index (χ1) is 16.2. The smallest absolute Gasteiger partial charge is 0.367 e. The minimum atomic E-state index is -4.11. The zero-order valence-electron chi connectivity index (χ0n) is 21.7. The summed E-state index contributed by atoms with van der Waals surface area (Å²) in [5.74, 6) is 2.22. The van der Waals surface area contributed by atoms with Crippen molar-refractivity contribution in [1.29, 1.82) is 0 Å². The van der Waals surface area contributed by atoms with Crippen LogP contribution in [-0.2, 0) is 10.2 Å². The van der Waals surface area contributed by atoms with Gasteiger partial charge in [-0.15, -0.1) is 8.80 Å². The Balaban J connectivity index is 2.10. The van der Waals surface area contributed by atoms with Gasteiger partial charge in [-0.3, -0.25) is 4.99 Å². The summed E-state index contributed by atoms with van der Waals surface area (Å²) in [5, 5.41) is 11.1. The van der Waals surface area contributed by atoms with Crippen molar-refractivity contribution in [1.82, 2.24) is 9.80 Å². The van der Waals surface area contributed by atoms with Gasteiger partial charge in [0.05, 0.1) is 17.3 Å². The number of rotatable bonds is 4. The Labute approximate surface area is 207 Å². The molecule has 11 heteroatoms. The number of benzene rings is 1. The number of likely N-dealkylation sites (N-methyl/N-ethyl adjacent to an activating group) is 2. The van der Waals surface area contributed by atoms with Crippen molar-refractivity contribution in [3.63, 3.8) is 0 Å². The summed E-state index contributed by atoms with van der Waals surface area (Å²) in [6.45, 7) is 7.98. The lowest BCUT2D eigenvalue weighted by molar-refractivity contribution is 0.165. The Morgan fingerprint density at radius 3 is 2.20 bits per heavy atom. The van der Waals surface area contributed by atoms with Crippen LogP contribution in [0.3, 0.4) is 0 Å². The quantitative estimate of drug-likeness (QED) is 0.503. The van der Waals surface area contributed by atoms with Gasteiger partial charge in [-0.2, -0.15) is 8.42 Å². The fraction of sp³-hybridized carbons (Fsp3) is 0.458. The van der Waals surface area contributed by atoms with Gasteiger partial charge in [0.1, 0.15) is 23.1 Å². The van der Waals surface area contributed by atoms with Gasteiger partial charge >= 0.3 is 10.2 Å². The average molecular weight is 503 g/mol. The third-order valence-electron chi connectivity index (χ3n) is 5.75. The predicted molar refractivity (Wildman–Crippen MR) is 140 cm³/mol. The van der Waals surface area contributed by atoms with Crippen molar-refractivity contribution >= 4 is 33.4 Å². The monoisotopic (exact) mass is 502 g/mol. The maximum atomic E-state index is 12.6. The minimum Gasteiger partial charge on any atom is -0.505 e. The van der Waals surface area contributed by atoms with Crippen molar-refractivity contribution < 1.29 is 17.9 Å². The molecule has 190 valence electrons. The number of phenols is 1. The van der Waals surface area contributed by atoms with Gasteiger partial charge in [0.2, 0.25) is 0 Å². The molecule has 35 heavy (non-hydrogen) atoms. The van der Waals surface area contributed by atoms with Crippen LogP contribution in [0.5, 0.6) is 5.75 Å². The highest BCUT2D eigenvalue weighted by Crippen LogP contribution is 2.40. The number of aromatic hydroxyl groups is 1. The second kappa shape index (κ2) is 9.37. The van der Waals surface area contributed by atoms with Gasteiger partial charge in [-0.1, -0.05) is 26.8 Å². The summed E-state index contributed by atoms with van der Waals surface area (Å²) < 4.78 is 38.9. The Kier molecular flexibility index (Phi) is 7.03. The Hall–Kier alpha value is -3.34. The average Bonchev–Trinajstić information content (AvgIpc) is 3.30. The second-order valence-electron chi connectivity index (χ2n) is 9.78. The summed E-state index contributed by atoms with van der Waals surface area (Å²) in [5.41, 5.74) is 0.537. The number of hydrogen-bond donors (Lipinski definition) is 1. The lowest BCUT2D eigenvalue weighted by Crippen LogP contribution is -2.45. The van der Waals surface area contributed by atoms with Gasteiger partial charge in [-0.05, 0) is 36.6 Å². The van der Waals surface area contributed by atoms with E-state index >= 15 is 0 Å². The van der Waals surface area contributed by atoms with E-state index in [-0.39, 0.29) is 28.9 Å². The van der Waals surface area contributed by atoms with Crippen LogP contribution in [0.4, 0.5) is 5.69 Å². The first-order valence-electron chi connectivity index (χ1n) is 11.1. The van der Waals surface area contributed by atoms with Gasteiger partial charge in [0.15, 0.2) is 11.7 Å². The normalized spacial score (nSPS) is 16.5. The standard InChI is InChI=1S/C24H34N6O4S/c1-15-13-14-18(34-15)20(24(2,3)4)30(9)23-22(26-35(32,33)27-23)29(8)17-12-10-11-16(19(17)31)21(25-5)28(6)7/h10-14,20,31H,1-9H3/t20-/m0/s1. The molecule has 0 unspecified atom stereocenters.